The number of amides is 4. The first-order valence-corrected chi connectivity index (χ1v) is 18.7. The van der Waals surface area contributed by atoms with Crippen LogP contribution in [0.1, 0.15) is 45.5 Å². The lowest BCUT2D eigenvalue weighted by atomic mass is 10.0. The average Bonchev–Trinajstić information content (AvgIpc) is 3.09. The van der Waals surface area contributed by atoms with E-state index in [0.29, 0.717) is 24.3 Å². The maximum Gasteiger partial charge on any atom is 0.399 e. The number of carbonyl (C=O) groups excluding carboxylic acids is 4. The van der Waals surface area contributed by atoms with Gasteiger partial charge in [-0.2, -0.15) is 17.6 Å². The van der Waals surface area contributed by atoms with Crippen LogP contribution in [0.15, 0.2) is 78.9 Å². The minimum Gasteiger partial charge on any atom is -0.481 e. The van der Waals surface area contributed by atoms with Crippen molar-refractivity contribution < 1.29 is 75.3 Å². The summed E-state index contributed by atoms with van der Waals surface area (Å²) in [6.45, 7) is 0. The molecule has 10 N–H and O–H groups in total. The molecule has 3 rings (SSSR count). The Kier molecular flexibility index (Phi) is 14.0. The van der Waals surface area contributed by atoms with Gasteiger partial charge in [-0.05, 0) is 29.7 Å². The Bertz CT molecular complexity index is 1940. The normalized spacial score (nSPS) is 13.9. The fraction of sp³-hybridized carbons (Fsp3) is 0.281. The molecule has 0 radical (unpaired) electrons. The first-order chi connectivity index (χ1) is 24.9. The van der Waals surface area contributed by atoms with E-state index in [-0.39, 0.29) is 16.7 Å². The molecule has 0 aliphatic rings. The van der Waals surface area contributed by atoms with E-state index in [1.165, 1.54) is 24.3 Å². The average molecular weight is 805 g/mol. The van der Waals surface area contributed by atoms with E-state index in [2.05, 4.69) is 16.0 Å². The number of carbonyl (C=O) groups is 5. The van der Waals surface area contributed by atoms with Gasteiger partial charge in [-0.1, -0.05) is 66.7 Å². The number of aliphatic carboxylic acids is 1. The van der Waals surface area contributed by atoms with Crippen molar-refractivity contribution in [2.75, 3.05) is 0 Å². The number of benzene rings is 3. The van der Waals surface area contributed by atoms with E-state index in [9.17, 15) is 55.8 Å². The SMILES string of the molecule is NC(=O)[C@H](Cc1ccc(C(F)(F)P(=O)(O)O)cc1)NC(=O)[C@H](Cc1ccc(C(F)(F)P(=O)(O)O)cc1)NC(=O)[C@H](CCC(=O)O)NC(=O)c1ccccc1. The lowest BCUT2D eigenvalue weighted by molar-refractivity contribution is -0.137. The minimum atomic E-state index is -5.95. The first-order valence-electron chi connectivity index (χ1n) is 15.5. The molecule has 22 heteroatoms. The summed E-state index contributed by atoms with van der Waals surface area (Å²) in [7, 11) is -11.8. The summed E-state index contributed by atoms with van der Waals surface area (Å²) >= 11 is 0. The molecular weight excluding hydrogens is 770 g/mol. The Balaban J connectivity index is 1.93. The Labute approximate surface area is 303 Å². The summed E-state index contributed by atoms with van der Waals surface area (Å²) in [5.41, 5.74) is -5.61. The largest absolute Gasteiger partial charge is 0.481 e. The molecule has 0 aliphatic heterocycles. The Morgan fingerprint density at radius 1 is 0.630 bits per heavy atom. The summed E-state index contributed by atoms with van der Waals surface area (Å²) < 4.78 is 79.3. The predicted octanol–water partition coefficient (Wildman–Crippen LogP) is 2.04. The third-order valence-corrected chi connectivity index (χ3v) is 9.79. The minimum absolute atomic E-state index is 0.0216. The van der Waals surface area contributed by atoms with Crippen LogP contribution in [0.2, 0.25) is 0 Å². The molecule has 0 saturated heterocycles. The van der Waals surface area contributed by atoms with Gasteiger partial charge in [-0.15, -0.1) is 0 Å². The van der Waals surface area contributed by atoms with Gasteiger partial charge in [0.1, 0.15) is 18.1 Å². The number of rotatable bonds is 18. The van der Waals surface area contributed by atoms with Crippen molar-refractivity contribution >= 4 is 44.8 Å². The molecular formula is C32H34F4N4O12P2. The standard InChI is InChI=1S/C32H34F4N4O12P2/c33-31(34,53(47,48)49)21-10-6-18(7-11-21)16-24(27(37)43)39-30(46)25(17-19-8-12-22(13-9-19)32(35,36)54(50,51)52)40-29(45)23(14-15-26(41)42)38-28(44)20-4-2-1-3-5-20/h1-13,23-25H,14-17H2,(H2,37,43)(H,38,44)(H,39,46)(H,40,45)(H,41,42)(H2,47,48,49)(H2,50,51,52)/t23-,24-,25-/m0/s1. The summed E-state index contributed by atoms with van der Waals surface area (Å²) in [6, 6.07) is 9.11. The fourth-order valence-corrected chi connectivity index (χ4v) is 5.81. The van der Waals surface area contributed by atoms with E-state index >= 15 is 0 Å². The molecule has 0 bridgehead atoms. The molecule has 0 fully saturated rings. The second-order valence-electron chi connectivity index (χ2n) is 11.8. The molecule has 3 atom stereocenters. The highest BCUT2D eigenvalue weighted by atomic mass is 31.2. The van der Waals surface area contributed by atoms with Crippen molar-refractivity contribution in [1.29, 1.82) is 0 Å². The van der Waals surface area contributed by atoms with Gasteiger partial charge in [0, 0.05) is 36.0 Å². The van der Waals surface area contributed by atoms with Crippen molar-refractivity contribution in [1.82, 2.24) is 16.0 Å². The van der Waals surface area contributed by atoms with Gasteiger partial charge < -0.3 is 46.4 Å². The number of halogens is 4. The Morgan fingerprint density at radius 2 is 1.04 bits per heavy atom. The smallest absolute Gasteiger partial charge is 0.399 e. The van der Waals surface area contributed by atoms with Gasteiger partial charge in [0.05, 0.1) is 0 Å². The van der Waals surface area contributed by atoms with E-state index in [4.69, 9.17) is 25.3 Å². The number of carboxylic acid groups (broad SMARTS) is 1. The number of alkyl halides is 4. The Hall–Kier alpha value is -4.97. The summed E-state index contributed by atoms with van der Waals surface area (Å²) in [5, 5.41) is 16.2. The molecule has 0 saturated carbocycles. The zero-order valence-electron chi connectivity index (χ0n) is 27.6. The monoisotopic (exact) mass is 804 g/mol. The molecule has 0 aliphatic carbocycles. The second-order valence-corrected chi connectivity index (χ2v) is 15.1. The lowest BCUT2D eigenvalue weighted by Gasteiger charge is -2.25. The molecule has 4 amide bonds. The van der Waals surface area contributed by atoms with Crippen LogP contribution in [0.3, 0.4) is 0 Å². The van der Waals surface area contributed by atoms with E-state index in [1.807, 2.05) is 0 Å². The lowest BCUT2D eigenvalue weighted by Crippen LogP contribution is -2.57. The zero-order valence-corrected chi connectivity index (χ0v) is 29.4. The third-order valence-electron chi connectivity index (χ3n) is 7.81. The maximum absolute atomic E-state index is 14.3. The predicted molar refractivity (Wildman–Crippen MR) is 180 cm³/mol. The van der Waals surface area contributed by atoms with Gasteiger partial charge in [0.25, 0.3) is 5.91 Å². The Morgan fingerprint density at radius 3 is 1.44 bits per heavy atom. The van der Waals surface area contributed by atoms with Crippen molar-refractivity contribution in [3.05, 3.63) is 107 Å². The number of nitrogens with two attached hydrogens (primary N) is 1. The van der Waals surface area contributed by atoms with Gasteiger partial charge in [-0.25, -0.2) is 0 Å². The third kappa shape index (κ3) is 11.3. The van der Waals surface area contributed by atoms with Crippen LogP contribution in [0.5, 0.6) is 0 Å². The molecule has 0 heterocycles. The number of carboxylic acids is 1. The summed E-state index contributed by atoms with van der Waals surface area (Å²) in [5.74, 6) is -5.54. The molecule has 0 spiro atoms. The second kappa shape index (κ2) is 17.4. The van der Waals surface area contributed by atoms with Crippen LogP contribution in [0.25, 0.3) is 0 Å². The topological polar surface area (TPSA) is 283 Å². The maximum atomic E-state index is 14.3. The zero-order chi connectivity index (χ0) is 40.6. The van der Waals surface area contributed by atoms with Crippen LogP contribution in [0.4, 0.5) is 17.6 Å². The van der Waals surface area contributed by atoms with Gasteiger partial charge in [0.2, 0.25) is 17.7 Å². The van der Waals surface area contributed by atoms with Crippen LogP contribution < -0.4 is 21.7 Å². The molecule has 54 heavy (non-hydrogen) atoms. The van der Waals surface area contributed by atoms with E-state index in [0.717, 1.165) is 24.3 Å². The highest BCUT2D eigenvalue weighted by Crippen LogP contribution is 2.60. The highest BCUT2D eigenvalue weighted by Gasteiger charge is 2.51. The molecule has 292 valence electrons. The van der Waals surface area contributed by atoms with Gasteiger partial charge >= 0.3 is 32.5 Å². The van der Waals surface area contributed by atoms with Crippen molar-refractivity contribution in [2.45, 2.75) is 55.1 Å². The molecule has 16 nitrogen and oxygen atoms in total. The van der Waals surface area contributed by atoms with Crippen molar-refractivity contribution in [3.63, 3.8) is 0 Å². The first kappa shape index (κ1) is 43.4. The highest BCUT2D eigenvalue weighted by molar-refractivity contribution is 7.52. The number of hydrogen-bond acceptors (Lipinski definition) is 7. The molecule has 0 aromatic heterocycles. The van der Waals surface area contributed by atoms with Crippen LogP contribution >= 0.6 is 15.2 Å². The summed E-state index contributed by atoms with van der Waals surface area (Å²) in [6.07, 6.45) is -2.11. The number of hydrogen-bond donors (Lipinski definition) is 9. The van der Waals surface area contributed by atoms with Gasteiger partial charge in [-0.3, -0.25) is 33.1 Å². The fourth-order valence-electron chi connectivity index (χ4n) is 4.83. The molecule has 3 aromatic rings. The quantitative estimate of drug-likeness (QED) is 0.0660. The van der Waals surface area contributed by atoms with Crippen molar-refractivity contribution in [3.8, 4) is 0 Å². The molecule has 0 unspecified atom stereocenters. The van der Waals surface area contributed by atoms with Gasteiger partial charge in [0.15, 0.2) is 0 Å². The van der Waals surface area contributed by atoms with E-state index < -0.39 is 111 Å². The number of nitrogens with one attached hydrogen (secondary N) is 3. The van der Waals surface area contributed by atoms with Crippen LogP contribution in [-0.2, 0) is 52.5 Å². The molecule has 3 aromatic carbocycles. The van der Waals surface area contributed by atoms with E-state index in [1.54, 1.807) is 6.07 Å². The summed E-state index contributed by atoms with van der Waals surface area (Å²) in [4.78, 5) is 99.8. The van der Waals surface area contributed by atoms with Crippen molar-refractivity contribution in [2.24, 2.45) is 5.73 Å². The van der Waals surface area contributed by atoms with Crippen LogP contribution in [0, 0.1) is 0 Å². The van der Waals surface area contributed by atoms with Crippen LogP contribution in [-0.4, -0.2) is 72.4 Å². The number of primary amides is 1.